The number of carbonyl (C=O) groups is 1. The molecule has 0 amide bonds. The van der Waals surface area contributed by atoms with Gasteiger partial charge in [0.15, 0.2) is 11.6 Å². The molecule has 2 N–H and O–H groups in total. The molecule has 3 heterocycles. The first-order valence-electron chi connectivity index (χ1n) is 10.9. The van der Waals surface area contributed by atoms with E-state index in [9.17, 15) is 9.18 Å². The van der Waals surface area contributed by atoms with E-state index < -0.39 is 17.7 Å². The summed E-state index contributed by atoms with van der Waals surface area (Å²) in [6.07, 6.45) is 2.73. The Bertz CT molecular complexity index is 1220. The highest BCUT2D eigenvalue weighted by molar-refractivity contribution is 6.32. The van der Waals surface area contributed by atoms with Crippen LogP contribution in [0.5, 0.6) is 0 Å². The van der Waals surface area contributed by atoms with Crippen molar-refractivity contribution in [1.82, 2.24) is 15.0 Å². The second-order valence-corrected chi connectivity index (χ2v) is 8.21. The van der Waals surface area contributed by atoms with E-state index in [1.54, 1.807) is 42.3 Å². The molecule has 0 spiro atoms. The average Bonchev–Trinajstić information content (AvgIpc) is 2.86. The molecule has 0 radical (unpaired) electrons. The highest BCUT2D eigenvalue weighted by Gasteiger charge is 2.18. The Kier molecular flexibility index (Phi) is 7.78. The van der Waals surface area contributed by atoms with Gasteiger partial charge in [-0.25, -0.2) is 9.37 Å². The largest absolute Gasteiger partial charge is 0.481 e. The lowest BCUT2D eigenvalue weighted by molar-refractivity contribution is -0.138. The van der Waals surface area contributed by atoms with Crippen molar-refractivity contribution in [2.24, 2.45) is 10.2 Å². The van der Waals surface area contributed by atoms with Crippen molar-refractivity contribution in [2.75, 3.05) is 36.5 Å². The molecule has 0 saturated carbocycles. The number of anilines is 3. The van der Waals surface area contributed by atoms with Crippen molar-refractivity contribution in [3.63, 3.8) is 0 Å². The number of ether oxygens (including phenoxy) is 1. The zero-order valence-electron chi connectivity index (χ0n) is 18.9. The van der Waals surface area contributed by atoms with E-state index in [0.717, 1.165) is 11.9 Å². The van der Waals surface area contributed by atoms with Crippen LogP contribution in [-0.2, 0) is 16.1 Å². The van der Waals surface area contributed by atoms with Gasteiger partial charge in [0.2, 0.25) is 0 Å². The van der Waals surface area contributed by atoms with E-state index in [0.29, 0.717) is 48.3 Å². The quantitative estimate of drug-likeness (QED) is 0.426. The van der Waals surface area contributed by atoms with Crippen molar-refractivity contribution < 1.29 is 19.0 Å². The summed E-state index contributed by atoms with van der Waals surface area (Å²) < 4.78 is 19.4. The minimum Gasteiger partial charge on any atom is -0.481 e. The van der Waals surface area contributed by atoms with Gasteiger partial charge < -0.3 is 20.1 Å². The number of rotatable bonds is 8. The fourth-order valence-electron chi connectivity index (χ4n) is 3.41. The lowest BCUT2D eigenvalue weighted by Gasteiger charge is -2.27. The van der Waals surface area contributed by atoms with Crippen LogP contribution in [0.2, 0.25) is 5.02 Å². The van der Waals surface area contributed by atoms with Crippen LogP contribution in [0.15, 0.2) is 53.0 Å². The van der Waals surface area contributed by atoms with E-state index in [2.05, 4.69) is 30.5 Å². The second-order valence-electron chi connectivity index (χ2n) is 7.80. The smallest absolute Gasteiger partial charge is 0.310 e. The average molecular weight is 500 g/mol. The van der Waals surface area contributed by atoms with Crippen LogP contribution >= 0.6 is 11.6 Å². The first-order valence-corrected chi connectivity index (χ1v) is 11.3. The zero-order chi connectivity index (χ0) is 24.8. The minimum absolute atomic E-state index is 0.0729. The molecule has 1 saturated heterocycles. The molecular formula is C23H23ClFN7O3. The maximum atomic E-state index is 14.1. The Morgan fingerprint density at radius 1 is 1.23 bits per heavy atom. The molecule has 0 bridgehead atoms. The molecule has 3 aromatic rings. The Labute approximate surface area is 205 Å². The van der Waals surface area contributed by atoms with E-state index >= 15 is 0 Å². The number of halogens is 2. The number of aromatic nitrogens is 3. The second kappa shape index (κ2) is 11.2. The number of nitrogens with zero attached hydrogens (tertiary/aromatic N) is 6. The topological polar surface area (TPSA) is 125 Å². The lowest BCUT2D eigenvalue weighted by atomic mass is 10.0. The number of morpholine rings is 1. The number of hydrogen-bond acceptors (Lipinski definition) is 9. The van der Waals surface area contributed by atoms with Gasteiger partial charge in [0, 0.05) is 23.8 Å². The highest BCUT2D eigenvalue weighted by Crippen LogP contribution is 2.29. The van der Waals surface area contributed by atoms with Gasteiger partial charge in [-0.05, 0) is 36.8 Å². The zero-order valence-corrected chi connectivity index (χ0v) is 19.6. The van der Waals surface area contributed by atoms with Gasteiger partial charge in [-0.15, -0.1) is 5.11 Å². The Balaban J connectivity index is 1.36. The SMILES string of the molecule is CC(C(=O)O)c1ccc(Nc2ccc(CN=Nc3ncc(F)c(N4CCOCC4)n3)nc2)cc1Cl. The number of carboxylic acids is 1. The van der Waals surface area contributed by atoms with E-state index in [-0.39, 0.29) is 18.3 Å². The molecule has 1 aliphatic rings. The Morgan fingerprint density at radius 3 is 2.69 bits per heavy atom. The number of azo groups is 1. The third kappa shape index (κ3) is 6.25. The Hall–Kier alpha value is -3.70. The van der Waals surface area contributed by atoms with Gasteiger partial charge in [-0.2, -0.15) is 10.1 Å². The first kappa shape index (κ1) is 24.4. The third-order valence-corrected chi connectivity index (χ3v) is 5.69. The van der Waals surface area contributed by atoms with Gasteiger partial charge in [-0.3, -0.25) is 9.78 Å². The van der Waals surface area contributed by atoms with Crippen molar-refractivity contribution >= 4 is 40.7 Å². The van der Waals surface area contributed by atoms with E-state index in [4.69, 9.17) is 21.4 Å². The maximum Gasteiger partial charge on any atom is 0.310 e. The summed E-state index contributed by atoms with van der Waals surface area (Å²) >= 11 is 6.25. The third-order valence-electron chi connectivity index (χ3n) is 5.37. The molecule has 1 aromatic carbocycles. The summed E-state index contributed by atoms with van der Waals surface area (Å²) in [6.45, 7) is 3.90. The van der Waals surface area contributed by atoms with E-state index in [1.807, 2.05) is 6.07 Å². The molecule has 1 aliphatic heterocycles. The molecule has 4 rings (SSSR count). The molecule has 1 atom stereocenters. The molecular weight excluding hydrogens is 477 g/mol. The number of pyridine rings is 1. The predicted molar refractivity (Wildman–Crippen MR) is 128 cm³/mol. The highest BCUT2D eigenvalue weighted by atomic mass is 35.5. The number of carboxylic acid groups (broad SMARTS) is 1. The van der Waals surface area contributed by atoms with Gasteiger partial charge in [0.05, 0.1) is 42.9 Å². The molecule has 35 heavy (non-hydrogen) atoms. The molecule has 182 valence electrons. The molecule has 1 unspecified atom stereocenters. The summed E-state index contributed by atoms with van der Waals surface area (Å²) in [5, 5.41) is 20.8. The monoisotopic (exact) mass is 499 g/mol. The summed E-state index contributed by atoms with van der Waals surface area (Å²) in [5.74, 6) is -1.88. The van der Waals surface area contributed by atoms with Crippen LogP contribution < -0.4 is 10.2 Å². The van der Waals surface area contributed by atoms with Gasteiger partial charge >= 0.3 is 5.97 Å². The maximum absolute atomic E-state index is 14.1. The van der Waals surface area contributed by atoms with Crippen molar-refractivity contribution in [3.8, 4) is 0 Å². The Morgan fingerprint density at radius 2 is 2.00 bits per heavy atom. The summed E-state index contributed by atoms with van der Waals surface area (Å²) in [5.41, 5.74) is 2.64. The van der Waals surface area contributed by atoms with Crippen LogP contribution in [0, 0.1) is 5.82 Å². The van der Waals surface area contributed by atoms with E-state index in [1.165, 1.54) is 0 Å². The number of hydrogen-bond donors (Lipinski definition) is 2. The fraction of sp³-hybridized carbons (Fsp3) is 0.304. The van der Waals surface area contributed by atoms with Crippen LogP contribution in [0.4, 0.5) is 27.5 Å². The predicted octanol–water partition coefficient (Wildman–Crippen LogP) is 4.72. The molecule has 1 fully saturated rings. The van der Waals surface area contributed by atoms with Crippen LogP contribution in [0.1, 0.15) is 24.1 Å². The summed E-state index contributed by atoms with van der Waals surface area (Å²) in [4.78, 5) is 25.4. The number of benzene rings is 1. The molecule has 10 nitrogen and oxygen atoms in total. The van der Waals surface area contributed by atoms with Crippen molar-refractivity contribution in [1.29, 1.82) is 0 Å². The van der Waals surface area contributed by atoms with Crippen molar-refractivity contribution in [3.05, 3.63) is 64.8 Å². The summed E-state index contributed by atoms with van der Waals surface area (Å²) in [7, 11) is 0. The number of aliphatic carboxylic acids is 1. The van der Waals surface area contributed by atoms with Gasteiger partial charge in [0.1, 0.15) is 6.54 Å². The molecule has 2 aromatic heterocycles. The van der Waals surface area contributed by atoms with Crippen LogP contribution in [0.25, 0.3) is 0 Å². The first-order chi connectivity index (χ1) is 16.9. The van der Waals surface area contributed by atoms with Gasteiger partial charge in [0.25, 0.3) is 5.95 Å². The normalized spacial score (nSPS) is 14.8. The molecule has 0 aliphatic carbocycles. The van der Waals surface area contributed by atoms with Crippen LogP contribution in [0.3, 0.4) is 0 Å². The van der Waals surface area contributed by atoms with Crippen LogP contribution in [-0.4, -0.2) is 52.3 Å². The summed E-state index contributed by atoms with van der Waals surface area (Å²) in [6, 6.07) is 8.73. The minimum atomic E-state index is -0.937. The standard InChI is InChI=1S/C23H23ClFN7O3/c1-14(22(33)34)18-5-4-15(10-19(18)24)29-17-3-2-16(26-11-17)12-28-31-23-27-13-20(25)21(30-23)32-6-8-35-9-7-32/h2-5,10-11,13-14,29H,6-9,12H2,1H3,(H,33,34). The molecule has 12 heteroatoms. The number of nitrogens with one attached hydrogen (secondary N) is 1. The van der Waals surface area contributed by atoms with Crippen molar-refractivity contribution in [2.45, 2.75) is 19.4 Å². The van der Waals surface area contributed by atoms with Gasteiger partial charge in [-0.1, -0.05) is 17.7 Å². The lowest BCUT2D eigenvalue weighted by Crippen LogP contribution is -2.37. The fourth-order valence-corrected chi connectivity index (χ4v) is 3.76.